The number of aromatic nitrogens is 3. The van der Waals surface area contributed by atoms with Gasteiger partial charge in [0.15, 0.2) is 5.13 Å². The smallest absolute Gasteiger partial charge is 0.257 e. The summed E-state index contributed by atoms with van der Waals surface area (Å²) >= 11 is 2.56. The number of carbonyl (C=O) groups excluding carboxylic acids is 1. The van der Waals surface area contributed by atoms with Crippen molar-refractivity contribution in [3.05, 3.63) is 76.4 Å². The Kier molecular flexibility index (Phi) is 5.64. The van der Waals surface area contributed by atoms with Gasteiger partial charge in [-0.25, -0.2) is 4.98 Å². The van der Waals surface area contributed by atoms with Crippen molar-refractivity contribution < 1.29 is 9.53 Å². The second kappa shape index (κ2) is 8.50. The van der Waals surface area contributed by atoms with Crippen LogP contribution in [0.4, 0.5) is 5.13 Å². The topological polar surface area (TPSA) is 77.0 Å². The average Bonchev–Trinajstić information content (AvgIpc) is 3.36. The molecule has 2 aromatic carbocycles. The van der Waals surface area contributed by atoms with Crippen molar-refractivity contribution in [2.45, 2.75) is 20.5 Å². The fourth-order valence-corrected chi connectivity index (χ4v) is 3.88. The summed E-state index contributed by atoms with van der Waals surface area (Å²) in [4.78, 5) is 17.1. The van der Waals surface area contributed by atoms with E-state index in [2.05, 4.69) is 19.0 Å². The molecule has 4 rings (SSSR count). The van der Waals surface area contributed by atoms with Crippen molar-refractivity contribution in [1.82, 2.24) is 13.7 Å². The number of amides is 1. The van der Waals surface area contributed by atoms with E-state index in [0.717, 1.165) is 34.4 Å². The molecule has 0 aliphatic carbocycles. The molecule has 2 aromatic heterocycles. The number of nitrogens with zero attached hydrogens (tertiary/aromatic N) is 3. The number of ether oxygens (including phenoxy) is 1. The van der Waals surface area contributed by atoms with Gasteiger partial charge in [0.25, 0.3) is 5.91 Å². The number of benzene rings is 2. The molecule has 0 radical (unpaired) electrons. The molecular weight excluding hydrogens is 404 g/mol. The van der Waals surface area contributed by atoms with Gasteiger partial charge in [-0.05, 0) is 32.0 Å². The number of rotatable bonds is 6. The molecule has 29 heavy (non-hydrogen) atoms. The zero-order valence-corrected chi connectivity index (χ0v) is 17.5. The Morgan fingerprint density at radius 2 is 1.93 bits per heavy atom. The van der Waals surface area contributed by atoms with Crippen LogP contribution in [0.5, 0.6) is 5.75 Å². The molecule has 0 saturated carbocycles. The third-order valence-corrected chi connectivity index (χ3v) is 5.71. The maximum atomic E-state index is 12.6. The number of aryl methyl sites for hydroxylation is 2. The lowest BCUT2D eigenvalue weighted by atomic mass is 10.1. The standard InChI is InChI=1S/C21H18N4O2S2/c1-13-6-8-15(9-7-13)19-12-28-21(22-19)23-20(26)16-4-3-5-17(10-16)27-11-18-14(2)24-29-25-18/h3-10,12H,11H2,1-2H3,(H,22,23,26). The first-order valence-corrected chi connectivity index (χ1v) is 10.5. The highest BCUT2D eigenvalue weighted by Gasteiger charge is 2.12. The van der Waals surface area contributed by atoms with Crippen molar-refractivity contribution in [2.24, 2.45) is 0 Å². The van der Waals surface area contributed by atoms with Gasteiger partial charge >= 0.3 is 0 Å². The molecule has 4 aromatic rings. The summed E-state index contributed by atoms with van der Waals surface area (Å²) in [5.74, 6) is 0.372. The van der Waals surface area contributed by atoms with Crippen LogP contribution in [0.2, 0.25) is 0 Å². The van der Waals surface area contributed by atoms with Crippen LogP contribution in [-0.2, 0) is 6.61 Å². The van der Waals surface area contributed by atoms with Gasteiger partial charge in [-0.15, -0.1) is 11.3 Å². The molecule has 0 aliphatic rings. The van der Waals surface area contributed by atoms with E-state index in [9.17, 15) is 4.79 Å². The van der Waals surface area contributed by atoms with Gasteiger partial charge in [0.2, 0.25) is 0 Å². The first-order chi connectivity index (χ1) is 14.1. The minimum atomic E-state index is -0.230. The van der Waals surface area contributed by atoms with E-state index >= 15 is 0 Å². The molecule has 6 nitrogen and oxygen atoms in total. The fourth-order valence-electron chi connectivity index (χ4n) is 2.62. The van der Waals surface area contributed by atoms with E-state index in [0.29, 0.717) is 23.1 Å². The Morgan fingerprint density at radius 1 is 1.10 bits per heavy atom. The summed E-state index contributed by atoms with van der Waals surface area (Å²) < 4.78 is 14.1. The summed E-state index contributed by atoms with van der Waals surface area (Å²) in [7, 11) is 0. The van der Waals surface area contributed by atoms with Crippen LogP contribution in [-0.4, -0.2) is 19.6 Å². The molecular formula is C21H18N4O2S2. The van der Waals surface area contributed by atoms with Gasteiger partial charge in [-0.3, -0.25) is 10.1 Å². The van der Waals surface area contributed by atoms with Crippen LogP contribution >= 0.6 is 23.1 Å². The minimum Gasteiger partial charge on any atom is -0.487 e. The third-order valence-electron chi connectivity index (χ3n) is 4.29. The summed E-state index contributed by atoms with van der Waals surface area (Å²) in [6.07, 6.45) is 0. The van der Waals surface area contributed by atoms with Gasteiger partial charge in [0.1, 0.15) is 18.1 Å². The fraction of sp³-hybridized carbons (Fsp3) is 0.143. The van der Waals surface area contributed by atoms with E-state index in [4.69, 9.17) is 4.74 Å². The van der Waals surface area contributed by atoms with Crippen LogP contribution in [0.15, 0.2) is 53.9 Å². The quantitative estimate of drug-likeness (QED) is 0.467. The largest absolute Gasteiger partial charge is 0.487 e. The molecule has 146 valence electrons. The molecule has 0 aliphatic heterocycles. The Morgan fingerprint density at radius 3 is 2.69 bits per heavy atom. The van der Waals surface area contributed by atoms with E-state index in [1.54, 1.807) is 18.2 Å². The average molecular weight is 423 g/mol. The first-order valence-electron chi connectivity index (χ1n) is 8.93. The summed E-state index contributed by atoms with van der Waals surface area (Å²) in [6.45, 7) is 4.26. The molecule has 0 spiro atoms. The van der Waals surface area contributed by atoms with Crippen molar-refractivity contribution in [3.63, 3.8) is 0 Å². The normalized spacial score (nSPS) is 10.7. The number of anilines is 1. The van der Waals surface area contributed by atoms with Gasteiger partial charge in [-0.2, -0.15) is 8.75 Å². The zero-order valence-electron chi connectivity index (χ0n) is 15.9. The number of nitrogens with one attached hydrogen (secondary N) is 1. The Hall–Kier alpha value is -3.10. The van der Waals surface area contributed by atoms with E-state index in [1.807, 2.05) is 49.6 Å². The molecule has 0 atom stereocenters. The summed E-state index contributed by atoms with van der Waals surface area (Å²) in [6, 6.07) is 15.2. The monoisotopic (exact) mass is 422 g/mol. The van der Waals surface area contributed by atoms with Crippen LogP contribution in [0, 0.1) is 13.8 Å². The molecule has 8 heteroatoms. The van der Waals surface area contributed by atoms with Crippen LogP contribution in [0.25, 0.3) is 11.3 Å². The van der Waals surface area contributed by atoms with Crippen LogP contribution in [0.1, 0.15) is 27.3 Å². The third kappa shape index (κ3) is 4.67. The van der Waals surface area contributed by atoms with Crippen molar-refractivity contribution in [1.29, 1.82) is 0 Å². The lowest BCUT2D eigenvalue weighted by Crippen LogP contribution is -2.11. The van der Waals surface area contributed by atoms with Crippen molar-refractivity contribution in [2.75, 3.05) is 5.32 Å². The Bertz CT molecular complexity index is 1140. The number of hydrogen-bond donors (Lipinski definition) is 1. The van der Waals surface area contributed by atoms with Crippen molar-refractivity contribution in [3.8, 4) is 17.0 Å². The maximum absolute atomic E-state index is 12.6. The molecule has 1 N–H and O–H groups in total. The number of thiazole rings is 1. The summed E-state index contributed by atoms with van der Waals surface area (Å²) in [5.41, 5.74) is 5.22. The van der Waals surface area contributed by atoms with Crippen LogP contribution < -0.4 is 10.1 Å². The summed E-state index contributed by atoms with van der Waals surface area (Å²) in [5, 5.41) is 5.35. The molecule has 0 saturated heterocycles. The van der Waals surface area contributed by atoms with Crippen molar-refractivity contribution >= 4 is 34.1 Å². The SMILES string of the molecule is Cc1ccc(-c2csc(NC(=O)c3cccc(OCc4nsnc4C)c3)n2)cc1. The predicted molar refractivity (Wildman–Crippen MR) is 116 cm³/mol. The van der Waals surface area contributed by atoms with E-state index in [1.165, 1.54) is 16.9 Å². The minimum absolute atomic E-state index is 0.230. The molecule has 0 fully saturated rings. The van der Waals surface area contributed by atoms with E-state index in [-0.39, 0.29) is 5.91 Å². The second-order valence-corrected chi connectivity index (χ2v) is 7.86. The highest BCUT2D eigenvalue weighted by Crippen LogP contribution is 2.26. The van der Waals surface area contributed by atoms with Gasteiger partial charge in [-0.1, -0.05) is 35.9 Å². The highest BCUT2D eigenvalue weighted by molar-refractivity contribution is 7.14. The molecule has 1 amide bonds. The predicted octanol–water partition coefficient (Wildman–Crippen LogP) is 5.11. The van der Waals surface area contributed by atoms with E-state index < -0.39 is 0 Å². The zero-order chi connectivity index (χ0) is 20.2. The Labute approximate surface area is 176 Å². The van der Waals surface area contributed by atoms with Gasteiger partial charge in [0, 0.05) is 16.5 Å². The lowest BCUT2D eigenvalue weighted by Gasteiger charge is -2.07. The lowest BCUT2D eigenvalue weighted by molar-refractivity contribution is 0.102. The van der Waals surface area contributed by atoms with Gasteiger partial charge < -0.3 is 4.74 Å². The molecule has 2 heterocycles. The first kappa shape index (κ1) is 19.2. The molecule has 0 bridgehead atoms. The highest BCUT2D eigenvalue weighted by atomic mass is 32.1. The Balaban J connectivity index is 1.42. The number of hydrogen-bond acceptors (Lipinski definition) is 7. The molecule has 0 unspecified atom stereocenters. The maximum Gasteiger partial charge on any atom is 0.257 e. The van der Waals surface area contributed by atoms with Crippen LogP contribution in [0.3, 0.4) is 0 Å². The second-order valence-electron chi connectivity index (χ2n) is 6.47. The number of carbonyl (C=O) groups is 1. The van der Waals surface area contributed by atoms with Gasteiger partial charge in [0.05, 0.1) is 23.1 Å².